The van der Waals surface area contributed by atoms with Crippen LogP contribution in [-0.4, -0.2) is 24.1 Å². The van der Waals surface area contributed by atoms with Crippen LogP contribution in [0.25, 0.3) is 0 Å². The van der Waals surface area contributed by atoms with Crippen LogP contribution in [0.4, 0.5) is 0 Å². The van der Waals surface area contributed by atoms with Gasteiger partial charge in [-0.15, -0.1) is 0 Å². The topological polar surface area (TPSA) is 60.4 Å². The van der Waals surface area contributed by atoms with Gasteiger partial charge in [-0.3, -0.25) is 9.59 Å². The second kappa shape index (κ2) is 8.02. The van der Waals surface area contributed by atoms with E-state index in [2.05, 4.69) is 0 Å². The summed E-state index contributed by atoms with van der Waals surface area (Å²) < 4.78 is 4.83. The Morgan fingerprint density at radius 3 is 2.19 bits per heavy atom. The van der Waals surface area contributed by atoms with E-state index in [9.17, 15) is 14.4 Å². The van der Waals surface area contributed by atoms with Crippen LogP contribution in [0.2, 0.25) is 0 Å². The van der Waals surface area contributed by atoms with E-state index in [0.29, 0.717) is 12.8 Å². The molecule has 0 aliphatic rings. The van der Waals surface area contributed by atoms with Crippen molar-refractivity contribution in [3.8, 4) is 0 Å². The Morgan fingerprint density at radius 1 is 1.12 bits per heavy atom. The zero-order valence-electron chi connectivity index (χ0n) is 10.2. The van der Waals surface area contributed by atoms with Gasteiger partial charge in [0, 0.05) is 12.8 Å². The van der Waals surface area contributed by atoms with Crippen molar-refractivity contribution in [1.82, 2.24) is 0 Å². The minimum Gasteiger partial charge on any atom is -0.465 e. The minimum absolute atomic E-state index is 0.0152. The van der Waals surface area contributed by atoms with Gasteiger partial charge in [0.1, 0.15) is 17.5 Å². The predicted octanol–water partition coefficient (Wildman–Crippen LogP) is 1.90. The highest BCUT2D eigenvalue weighted by Crippen LogP contribution is 2.14. The molecule has 0 saturated carbocycles. The average molecular weight is 228 g/mol. The van der Waals surface area contributed by atoms with E-state index in [0.717, 1.165) is 0 Å². The Labute approximate surface area is 96.4 Å². The molecule has 0 aromatic heterocycles. The van der Waals surface area contributed by atoms with Crippen molar-refractivity contribution in [3.63, 3.8) is 0 Å². The van der Waals surface area contributed by atoms with E-state index < -0.39 is 11.9 Å². The molecule has 0 aliphatic heterocycles. The average Bonchev–Trinajstić information content (AvgIpc) is 2.18. The normalized spacial score (nSPS) is 11.9. The van der Waals surface area contributed by atoms with Crippen LogP contribution in [-0.2, 0) is 19.1 Å². The van der Waals surface area contributed by atoms with Gasteiger partial charge in [-0.05, 0) is 26.7 Å². The number of ether oxygens (including phenoxy) is 1. The molecule has 0 amide bonds. The van der Waals surface area contributed by atoms with Crippen LogP contribution in [0.3, 0.4) is 0 Å². The predicted molar refractivity (Wildman–Crippen MR) is 60.0 cm³/mol. The van der Waals surface area contributed by atoms with Gasteiger partial charge < -0.3 is 9.53 Å². The molecular formula is C12H20O4. The number of rotatable bonds is 8. The Hall–Kier alpha value is -1.19. The lowest BCUT2D eigenvalue weighted by Crippen LogP contribution is -2.26. The molecule has 4 nitrogen and oxygen atoms in total. The maximum absolute atomic E-state index is 11.7. The van der Waals surface area contributed by atoms with Crippen LogP contribution in [0.5, 0.6) is 0 Å². The quantitative estimate of drug-likeness (QED) is 0.470. The fourth-order valence-electron chi connectivity index (χ4n) is 1.42. The third kappa shape index (κ3) is 5.63. The smallest absolute Gasteiger partial charge is 0.316 e. The van der Waals surface area contributed by atoms with Crippen LogP contribution in [0, 0.1) is 5.92 Å². The largest absolute Gasteiger partial charge is 0.465 e. The fourth-order valence-corrected chi connectivity index (χ4v) is 1.42. The lowest BCUT2D eigenvalue weighted by Gasteiger charge is -2.13. The van der Waals surface area contributed by atoms with Crippen LogP contribution in [0.15, 0.2) is 0 Å². The molecule has 0 heterocycles. The number of Topliss-reactive ketones (excluding diaryl/α,β-unsaturated/α-hetero) is 2. The second-order valence-corrected chi connectivity index (χ2v) is 3.76. The Kier molecular flexibility index (Phi) is 7.42. The summed E-state index contributed by atoms with van der Waals surface area (Å²) in [5.74, 6) is -1.40. The Morgan fingerprint density at radius 2 is 1.75 bits per heavy atom. The molecule has 1 atom stereocenters. The second-order valence-electron chi connectivity index (χ2n) is 3.76. The van der Waals surface area contributed by atoms with E-state index in [4.69, 9.17) is 4.74 Å². The third-order valence-corrected chi connectivity index (χ3v) is 2.24. The first-order chi connectivity index (χ1) is 7.52. The summed E-state index contributed by atoms with van der Waals surface area (Å²) in [6, 6.07) is 0. The van der Waals surface area contributed by atoms with E-state index in [1.165, 1.54) is 6.92 Å². The first kappa shape index (κ1) is 14.8. The van der Waals surface area contributed by atoms with E-state index in [-0.39, 0.29) is 31.0 Å². The highest BCUT2D eigenvalue weighted by Gasteiger charge is 2.26. The highest BCUT2D eigenvalue weighted by atomic mass is 16.5. The number of carbonyl (C=O) groups excluding carboxylic acids is 3. The molecule has 0 rings (SSSR count). The summed E-state index contributed by atoms with van der Waals surface area (Å²) in [7, 11) is 0. The molecular weight excluding hydrogens is 208 g/mol. The summed E-state index contributed by atoms with van der Waals surface area (Å²) in [6.45, 7) is 5.29. The van der Waals surface area contributed by atoms with Gasteiger partial charge in [0.2, 0.25) is 0 Å². The molecule has 92 valence electrons. The summed E-state index contributed by atoms with van der Waals surface area (Å²) in [4.78, 5) is 34.0. The van der Waals surface area contributed by atoms with Crippen LogP contribution in [0.1, 0.15) is 46.5 Å². The number of carbonyl (C=O) groups is 3. The third-order valence-electron chi connectivity index (χ3n) is 2.24. The van der Waals surface area contributed by atoms with Gasteiger partial charge in [-0.1, -0.05) is 6.92 Å². The number of hydrogen-bond acceptors (Lipinski definition) is 4. The minimum atomic E-state index is -0.760. The standard InChI is InChI=1S/C12H20O4/c1-4-6-11(14)10(8-7-9(3)13)12(15)16-5-2/h10H,4-8H2,1-3H3. The van der Waals surface area contributed by atoms with Gasteiger partial charge in [-0.25, -0.2) is 0 Å². The molecule has 16 heavy (non-hydrogen) atoms. The van der Waals surface area contributed by atoms with Crippen molar-refractivity contribution < 1.29 is 19.1 Å². The Balaban J connectivity index is 4.42. The van der Waals surface area contributed by atoms with E-state index in [1.54, 1.807) is 6.92 Å². The lowest BCUT2D eigenvalue weighted by molar-refractivity contribution is -0.151. The van der Waals surface area contributed by atoms with Crippen molar-refractivity contribution in [2.24, 2.45) is 5.92 Å². The zero-order chi connectivity index (χ0) is 12.6. The van der Waals surface area contributed by atoms with Gasteiger partial charge >= 0.3 is 5.97 Å². The number of esters is 1. The molecule has 0 aromatic carbocycles. The summed E-state index contributed by atoms with van der Waals surface area (Å²) >= 11 is 0. The molecule has 1 unspecified atom stereocenters. The molecule has 0 aliphatic carbocycles. The molecule has 0 N–H and O–H groups in total. The van der Waals surface area contributed by atoms with Crippen LogP contribution >= 0.6 is 0 Å². The van der Waals surface area contributed by atoms with Crippen molar-refractivity contribution in [3.05, 3.63) is 0 Å². The van der Waals surface area contributed by atoms with Gasteiger partial charge in [0.05, 0.1) is 6.61 Å². The SMILES string of the molecule is CCCC(=O)C(CCC(C)=O)C(=O)OCC. The van der Waals surface area contributed by atoms with Crippen molar-refractivity contribution in [2.75, 3.05) is 6.61 Å². The molecule has 4 heteroatoms. The molecule has 0 aromatic rings. The monoisotopic (exact) mass is 228 g/mol. The molecule has 0 spiro atoms. The lowest BCUT2D eigenvalue weighted by atomic mass is 9.94. The Bertz CT molecular complexity index is 240. The molecule has 0 saturated heterocycles. The first-order valence-electron chi connectivity index (χ1n) is 5.71. The van der Waals surface area contributed by atoms with Crippen molar-refractivity contribution >= 4 is 17.5 Å². The molecule has 0 radical (unpaired) electrons. The van der Waals surface area contributed by atoms with E-state index >= 15 is 0 Å². The maximum atomic E-state index is 11.7. The summed E-state index contributed by atoms with van der Waals surface area (Å²) in [5.41, 5.74) is 0. The summed E-state index contributed by atoms with van der Waals surface area (Å²) in [6.07, 6.45) is 1.59. The fraction of sp³-hybridized carbons (Fsp3) is 0.750. The zero-order valence-corrected chi connectivity index (χ0v) is 10.2. The number of hydrogen-bond donors (Lipinski definition) is 0. The van der Waals surface area contributed by atoms with Crippen LogP contribution < -0.4 is 0 Å². The molecule has 0 bridgehead atoms. The van der Waals surface area contributed by atoms with Gasteiger partial charge in [0.15, 0.2) is 0 Å². The van der Waals surface area contributed by atoms with Gasteiger partial charge in [0.25, 0.3) is 0 Å². The van der Waals surface area contributed by atoms with E-state index in [1.807, 2.05) is 6.92 Å². The maximum Gasteiger partial charge on any atom is 0.316 e. The summed E-state index contributed by atoms with van der Waals surface area (Å²) in [5, 5.41) is 0. The highest BCUT2D eigenvalue weighted by molar-refractivity contribution is 5.99. The van der Waals surface area contributed by atoms with Gasteiger partial charge in [-0.2, -0.15) is 0 Å². The number of ketones is 2. The van der Waals surface area contributed by atoms with Crippen molar-refractivity contribution in [2.45, 2.75) is 46.5 Å². The molecule has 0 fully saturated rings. The van der Waals surface area contributed by atoms with Crippen molar-refractivity contribution in [1.29, 1.82) is 0 Å². The first-order valence-corrected chi connectivity index (χ1v) is 5.71.